The van der Waals surface area contributed by atoms with Gasteiger partial charge in [0.15, 0.2) is 0 Å². The smallest absolute Gasteiger partial charge is 0.243 e. The number of benzene rings is 1. The lowest BCUT2D eigenvalue weighted by Gasteiger charge is -2.25. The molecule has 0 radical (unpaired) electrons. The van der Waals surface area contributed by atoms with E-state index in [2.05, 4.69) is 22.0 Å². The molecule has 2 aliphatic rings. The van der Waals surface area contributed by atoms with Crippen molar-refractivity contribution < 1.29 is 9.59 Å². The van der Waals surface area contributed by atoms with Crippen LogP contribution in [0.3, 0.4) is 0 Å². The normalized spacial score (nSPS) is 21.8. The standard InChI is InChI=1S/C15H19N3O2/c19-14-9-16-13(8-17-14)15(20)18-12-7-3-5-10-4-1-2-6-11(10)12/h3,5,7,13,16H,1-2,4,6,8-9H2,(H,17,19)(H,18,20). The molecule has 0 spiro atoms. The average Bonchev–Trinajstić information content (AvgIpc) is 2.48. The van der Waals surface area contributed by atoms with Gasteiger partial charge in [0.25, 0.3) is 0 Å². The van der Waals surface area contributed by atoms with Crippen molar-refractivity contribution in [3.63, 3.8) is 0 Å². The molecular formula is C15H19N3O2. The summed E-state index contributed by atoms with van der Waals surface area (Å²) in [5, 5.41) is 8.65. The molecule has 1 atom stereocenters. The first-order valence-electron chi connectivity index (χ1n) is 7.16. The summed E-state index contributed by atoms with van der Waals surface area (Å²) in [5.74, 6) is -0.143. The lowest BCUT2D eigenvalue weighted by atomic mass is 9.90. The lowest BCUT2D eigenvalue weighted by molar-refractivity contribution is -0.124. The Balaban J connectivity index is 1.71. The minimum absolute atomic E-state index is 0.0638. The summed E-state index contributed by atoms with van der Waals surface area (Å²) in [5.41, 5.74) is 3.54. The first-order valence-corrected chi connectivity index (χ1v) is 7.16. The van der Waals surface area contributed by atoms with Crippen LogP contribution in [-0.2, 0) is 22.4 Å². The summed E-state index contributed by atoms with van der Waals surface area (Å²) >= 11 is 0. The van der Waals surface area contributed by atoms with E-state index in [1.54, 1.807) is 0 Å². The second kappa shape index (κ2) is 5.63. The minimum Gasteiger partial charge on any atom is -0.353 e. The SMILES string of the molecule is O=C1CNC(C(=O)Nc2cccc3c2CCCC3)CN1. The largest absolute Gasteiger partial charge is 0.353 e. The number of anilines is 1. The van der Waals surface area contributed by atoms with Gasteiger partial charge in [0.2, 0.25) is 11.8 Å². The van der Waals surface area contributed by atoms with Gasteiger partial charge in [-0.2, -0.15) is 0 Å². The van der Waals surface area contributed by atoms with Gasteiger partial charge >= 0.3 is 0 Å². The summed E-state index contributed by atoms with van der Waals surface area (Å²) in [7, 11) is 0. The maximum absolute atomic E-state index is 12.2. The van der Waals surface area contributed by atoms with Crippen LogP contribution < -0.4 is 16.0 Å². The summed E-state index contributed by atoms with van der Waals surface area (Å²) in [6, 6.07) is 5.75. The fraction of sp³-hybridized carbons (Fsp3) is 0.467. The Morgan fingerprint density at radius 3 is 2.90 bits per heavy atom. The highest BCUT2D eigenvalue weighted by Crippen LogP contribution is 2.27. The molecule has 5 nitrogen and oxygen atoms in total. The van der Waals surface area contributed by atoms with Gasteiger partial charge in [-0.25, -0.2) is 0 Å². The Kier molecular flexibility index (Phi) is 3.69. The zero-order valence-electron chi connectivity index (χ0n) is 11.4. The third-order valence-corrected chi connectivity index (χ3v) is 3.98. The number of piperazine rings is 1. The van der Waals surface area contributed by atoms with Crippen LogP contribution in [-0.4, -0.2) is 30.9 Å². The van der Waals surface area contributed by atoms with Crippen LogP contribution in [0.25, 0.3) is 0 Å². The Hall–Kier alpha value is -1.88. The average molecular weight is 273 g/mol. The van der Waals surface area contributed by atoms with Crippen LogP contribution in [0.15, 0.2) is 18.2 Å². The van der Waals surface area contributed by atoms with E-state index in [0.29, 0.717) is 6.54 Å². The monoisotopic (exact) mass is 273 g/mol. The molecule has 1 unspecified atom stereocenters. The molecule has 1 heterocycles. The fourth-order valence-electron chi connectivity index (χ4n) is 2.87. The molecule has 0 saturated carbocycles. The molecule has 0 aromatic heterocycles. The second-order valence-corrected chi connectivity index (χ2v) is 5.38. The highest BCUT2D eigenvalue weighted by Gasteiger charge is 2.24. The Morgan fingerprint density at radius 2 is 2.10 bits per heavy atom. The first-order chi connectivity index (χ1) is 9.74. The van der Waals surface area contributed by atoms with E-state index in [1.165, 1.54) is 24.0 Å². The molecule has 2 amide bonds. The van der Waals surface area contributed by atoms with Gasteiger partial charge in [-0.15, -0.1) is 0 Å². The Labute approximate surface area is 118 Å². The molecule has 1 saturated heterocycles. The van der Waals surface area contributed by atoms with Crippen molar-refractivity contribution in [3.8, 4) is 0 Å². The molecule has 20 heavy (non-hydrogen) atoms. The third kappa shape index (κ3) is 2.67. The van der Waals surface area contributed by atoms with Crippen molar-refractivity contribution in [3.05, 3.63) is 29.3 Å². The van der Waals surface area contributed by atoms with Crippen LogP contribution in [0.4, 0.5) is 5.69 Å². The van der Waals surface area contributed by atoms with Crippen LogP contribution in [0.1, 0.15) is 24.0 Å². The predicted octanol–water partition coefficient (Wildman–Crippen LogP) is 0.592. The van der Waals surface area contributed by atoms with E-state index in [9.17, 15) is 9.59 Å². The maximum atomic E-state index is 12.2. The molecule has 1 aliphatic heterocycles. The number of carbonyl (C=O) groups excluding carboxylic acids is 2. The highest BCUT2D eigenvalue weighted by atomic mass is 16.2. The van der Waals surface area contributed by atoms with Crippen molar-refractivity contribution >= 4 is 17.5 Å². The Morgan fingerprint density at radius 1 is 1.25 bits per heavy atom. The number of hydrogen-bond acceptors (Lipinski definition) is 3. The highest BCUT2D eigenvalue weighted by molar-refractivity contribution is 5.97. The van der Waals surface area contributed by atoms with Gasteiger partial charge < -0.3 is 10.6 Å². The van der Waals surface area contributed by atoms with Crippen LogP contribution >= 0.6 is 0 Å². The van der Waals surface area contributed by atoms with Crippen LogP contribution in [0.5, 0.6) is 0 Å². The predicted molar refractivity (Wildman–Crippen MR) is 76.5 cm³/mol. The zero-order chi connectivity index (χ0) is 13.9. The molecule has 5 heteroatoms. The number of nitrogens with one attached hydrogen (secondary N) is 3. The van der Waals surface area contributed by atoms with Crippen molar-refractivity contribution in [2.75, 3.05) is 18.4 Å². The van der Waals surface area contributed by atoms with E-state index in [4.69, 9.17) is 0 Å². The summed E-state index contributed by atoms with van der Waals surface area (Å²) in [4.78, 5) is 23.3. The number of fused-ring (bicyclic) bond motifs is 1. The number of aryl methyl sites for hydroxylation is 1. The van der Waals surface area contributed by atoms with Crippen LogP contribution in [0.2, 0.25) is 0 Å². The van der Waals surface area contributed by atoms with Gasteiger partial charge in [-0.3, -0.25) is 14.9 Å². The zero-order valence-corrected chi connectivity index (χ0v) is 11.4. The van der Waals surface area contributed by atoms with Gasteiger partial charge in [-0.05, 0) is 42.9 Å². The maximum Gasteiger partial charge on any atom is 0.243 e. The number of carbonyl (C=O) groups is 2. The number of rotatable bonds is 2. The summed E-state index contributed by atoms with van der Waals surface area (Å²) < 4.78 is 0. The minimum atomic E-state index is -0.354. The molecule has 0 bridgehead atoms. The second-order valence-electron chi connectivity index (χ2n) is 5.38. The quantitative estimate of drug-likeness (QED) is 0.738. The first kappa shape index (κ1) is 13.1. The van der Waals surface area contributed by atoms with Gasteiger partial charge in [0, 0.05) is 12.2 Å². The molecule has 3 N–H and O–H groups in total. The summed E-state index contributed by atoms with van der Waals surface area (Å²) in [6.07, 6.45) is 4.52. The van der Waals surface area contributed by atoms with Gasteiger partial charge in [-0.1, -0.05) is 12.1 Å². The lowest BCUT2D eigenvalue weighted by Crippen LogP contribution is -2.56. The molecular weight excluding hydrogens is 254 g/mol. The number of hydrogen-bond donors (Lipinski definition) is 3. The van der Waals surface area contributed by atoms with E-state index in [-0.39, 0.29) is 24.4 Å². The van der Waals surface area contributed by atoms with E-state index < -0.39 is 0 Å². The molecule has 106 valence electrons. The molecule has 3 rings (SSSR count). The van der Waals surface area contributed by atoms with Gasteiger partial charge in [0.05, 0.1) is 6.54 Å². The van der Waals surface area contributed by atoms with E-state index >= 15 is 0 Å². The third-order valence-electron chi connectivity index (χ3n) is 3.98. The Bertz CT molecular complexity index is 532. The molecule has 1 aromatic carbocycles. The molecule has 1 aromatic rings. The van der Waals surface area contributed by atoms with Crippen molar-refractivity contribution in [2.24, 2.45) is 0 Å². The summed E-state index contributed by atoms with van der Waals surface area (Å²) in [6.45, 7) is 0.546. The topological polar surface area (TPSA) is 70.2 Å². The fourth-order valence-corrected chi connectivity index (χ4v) is 2.87. The van der Waals surface area contributed by atoms with E-state index in [0.717, 1.165) is 18.5 Å². The number of amides is 2. The van der Waals surface area contributed by atoms with Gasteiger partial charge in [0.1, 0.15) is 6.04 Å². The van der Waals surface area contributed by atoms with Crippen molar-refractivity contribution in [1.29, 1.82) is 0 Å². The molecule has 1 fully saturated rings. The molecule has 1 aliphatic carbocycles. The van der Waals surface area contributed by atoms with Crippen molar-refractivity contribution in [1.82, 2.24) is 10.6 Å². The van der Waals surface area contributed by atoms with E-state index in [1.807, 2.05) is 12.1 Å². The van der Waals surface area contributed by atoms with Crippen molar-refractivity contribution in [2.45, 2.75) is 31.7 Å². The van der Waals surface area contributed by atoms with Crippen LogP contribution in [0, 0.1) is 0 Å².